The van der Waals surface area contributed by atoms with Crippen molar-refractivity contribution in [2.75, 3.05) is 6.61 Å². The van der Waals surface area contributed by atoms with Crippen LogP contribution in [-0.4, -0.2) is 22.5 Å². The minimum Gasteiger partial charge on any atom is -0.448 e. The van der Waals surface area contributed by atoms with Gasteiger partial charge in [0.2, 0.25) is 0 Å². The summed E-state index contributed by atoms with van der Waals surface area (Å²) in [5, 5.41) is 3.99. The first kappa shape index (κ1) is 11.4. The van der Waals surface area contributed by atoms with E-state index in [0.29, 0.717) is 6.61 Å². The minimum atomic E-state index is -0.448. The molecule has 17 heavy (non-hydrogen) atoms. The van der Waals surface area contributed by atoms with E-state index in [0.717, 1.165) is 16.8 Å². The van der Waals surface area contributed by atoms with E-state index in [1.165, 1.54) is 4.68 Å². The van der Waals surface area contributed by atoms with Gasteiger partial charge in [0.25, 0.3) is 0 Å². The Morgan fingerprint density at radius 2 is 2.12 bits per heavy atom. The van der Waals surface area contributed by atoms with Gasteiger partial charge >= 0.3 is 6.09 Å². The molecule has 1 heterocycles. The molecule has 0 fully saturated rings. The Kier molecular flexibility index (Phi) is 3.23. The average Bonchev–Trinajstić information content (AvgIpc) is 2.79. The van der Waals surface area contributed by atoms with Crippen molar-refractivity contribution in [3.63, 3.8) is 0 Å². The molecule has 0 unspecified atom stereocenters. The fourth-order valence-electron chi connectivity index (χ4n) is 1.70. The Morgan fingerprint density at radius 1 is 1.35 bits per heavy atom. The summed E-state index contributed by atoms with van der Waals surface area (Å²) >= 11 is 0. The number of nitrogens with zero attached hydrogens (tertiary/aromatic N) is 2. The summed E-state index contributed by atoms with van der Waals surface area (Å²) in [5.41, 5.74) is 2.83. The number of rotatable bonds is 2. The van der Waals surface area contributed by atoms with Crippen LogP contribution in [0, 0.1) is 6.92 Å². The molecule has 0 amide bonds. The molecule has 2 aromatic rings. The number of hydrogen-bond donors (Lipinski definition) is 0. The van der Waals surface area contributed by atoms with E-state index < -0.39 is 6.09 Å². The van der Waals surface area contributed by atoms with Crippen molar-refractivity contribution in [1.29, 1.82) is 0 Å². The first-order valence-corrected chi connectivity index (χ1v) is 5.51. The molecule has 88 valence electrons. The molecule has 1 aromatic heterocycles. The molecule has 0 aliphatic carbocycles. The molecule has 1 aromatic carbocycles. The molecule has 0 saturated carbocycles. The number of carbonyl (C=O) groups excluding carboxylic acids is 1. The van der Waals surface area contributed by atoms with Gasteiger partial charge in [0.1, 0.15) is 0 Å². The Balaban J connectivity index is 2.44. The van der Waals surface area contributed by atoms with Crippen molar-refractivity contribution in [2.45, 2.75) is 13.8 Å². The summed E-state index contributed by atoms with van der Waals surface area (Å²) in [6.45, 7) is 4.11. The smallest absolute Gasteiger partial charge is 0.435 e. The van der Waals surface area contributed by atoms with Gasteiger partial charge in [-0.25, -0.2) is 4.79 Å². The molecule has 0 aliphatic heterocycles. The molecule has 0 spiro atoms. The van der Waals surface area contributed by atoms with Gasteiger partial charge in [0.05, 0.1) is 18.5 Å². The molecule has 4 heteroatoms. The third-order valence-electron chi connectivity index (χ3n) is 2.50. The van der Waals surface area contributed by atoms with E-state index in [1.807, 2.05) is 31.2 Å². The second kappa shape index (κ2) is 4.82. The zero-order valence-corrected chi connectivity index (χ0v) is 9.88. The Morgan fingerprint density at radius 3 is 2.82 bits per heavy atom. The van der Waals surface area contributed by atoms with E-state index >= 15 is 0 Å². The number of aryl methyl sites for hydroxylation is 1. The lowest BCUT2D eigenvalue weighted by Crippen LogP contribution is -2.16. The summed E-state index contributed by atoms with van der Waals surface area (Å²) in [7, 11) is 0. The molecule has 4 nitrogen and oxygen atoms in total. The van der Waals surface area contributed by atoms with Crippen LogP contribution in [0.3, 0.4) is 0 Å². The van der Waals surface area contributed by atoms with Crippen LogP contribution in [0.2, 0.25) is 0 Å². The van der Waals surface area contributed by atoms with Gasteiger partial charge in [-0.05, 0) is 25.5 Å². The number of hydrogen-bond acceptors (Lipinski definition) is 3. The van der Waals surface area contributed by atoms with Crippen molar-refractivity contribution in [3.05, 3.63) is 42.1 Å². The van der Waals surface area contributed by atoms with E-state index in [1.54, 1.807) is 19.2 Å². The SMILES string of the molecule is CCOC(=O)n1nccc1-c1ccccc1C. The van der Waals surface area contributed by atoms with Gasteiger partial charge in [-0.3, -0.25) is 0 Å². The van der Waals surface area contributed by atoms with Gasteiger partial charge in [-0.1, -0.05) is 24.3 Å². The molecule has 0 saturated heterocycles. The molecule has 2 rings (SSSR count). The minimum absolute atomic E-state index is 0.339. The van der Waals surface area contributed by atoms with Gasteiger partial charge in [-0.2, -0.15) is 9.78 Å². The topological polar surface area (TPSA) is 44.1 Å². The normalized spacial score (nSPS) is 10.2. The zero-order chi connectivity index (χ0) is 12.3. The summed E-state index contributed by atoms with van der Waals surface area (Å²) < 4.78 is 6.23. The van der Waals surface area contributed by atoms with E-state index in [2.05, 4.69) is 5.10 Å². The standard InChI is InChI=1S/C13H14N2O2/c1-3-17-13(16)15-12(8-9-14-15)11-7-5-4-6-10(11)2/h4-9H,3H2,1-2H3. The molecule has 0 radical (unpaired) electrons. The highest BCUT2D eigenvalue weighted by atomic mass is 16.5. The monoisotopic (exact) mass is 230 g/mol. The highest BCUT2D eigenvalue weighted by molar-refractivity contribution is 5.77. The fraction of sp³-hybridized carbons (Fsp3) is 0.231. The summed E-state index contributed by atoms with van der Waals surface area (Å²) in [6.07, 6.45) is 1.15. The summed E-state index contributed by atoms with van der Waals surface area (Å²) in [5.74, 6) is 0. The third kappa shape index (κ3) is 2.20. The lowest BCUT2D eigenvalue weighted by molar-refractivity contribution is 0.151. The molecular formula is C13H14N2O2. The Labute approximate surface area is 99.8 Å². The van der Waals surface area contributed by atoms with Crippen molar-refractivity contribution < 1.29 is 9.53 Å². The quantitative estimate of drug-likeness (QED) is 0.796. The predicted octanol–water partition coefficient (Wildman–Crippen LogP) is 2.86. The number of benzene rings is 1. The molecule has 0 bridgehead atoms. The Hall–Kier alpha value is -2.10. The maximum Gasteiger partial charge on any atom is 0.435 e. The summed E-state index contributed by atoms with van der Waals surface area (Å²) in [6, 6.07) is 9.66. The van der Waals surface area contributed by atoms with Crippen LogP contribution in [0.4, 0.5) is 4.79 Å². The van der Waals surface area contributed by atoms with Crippen LogP contribution in [0.15, 0.2) is 36.5 Å². The first-order valence-electron chi connectivity index (χ1n) is 5.51. The fourth-order valence-corrected chi connectivity index (χ4v) is 1.70. The molecule has 0 atom stereocenters. The van der Waals surface area contributed by atoms with E-state index in [9.17, 15) is 4.79 Å². The lowest BCUT2D eigenvalue weighted by atomic mass is 10.1. The van der Waals surface area contributed by atoms with Gasteiger partial charge in [0, 0.05) is 5.56 Å². The highest BCUT2D eigenvalue weighted by Crippen LogP contribution is 2.22. The average molecular weight is 230 g/mol. The van der Waals surface area contributed by atoms with Crippen molar-refractivity contribution in [1.82, 2.24) is 9.78 Å². The molecular weight excluding hydrogens is 216 g/mol. The number of carbonyl (C=O) groups is 1. The van der Waals surface area contributed by atoms with E-state index in [4.69, 9.17) is 4.74 Å². The maximum atomic E-state index is 11.7. The summed E-state index contributed by atoms with van der Waals surface area (Å²) in [4.78, 5) is 11.7. The van der Waals surface area contributed by atoms with Crippen LogP contribution in [0.25, 0.3) is 11.3 Å². The van der Waals surface area contributed by atoms with Crippen LogP contribution in [-0.2, 0) is 4.74 Å². The Bertz CT molecular complexity index is 532. The number of aromatic nitrogens is 2. The largest absolute Gasteiger partial charge is 0.448 e. The van der Waals surface area contributed by atoms with Crippen LogP contribution >= 0.6 is 0 Å². The molecule has 0 aliphatic rings. The first-order chi connectivity index (χ1) is 8.24. The van der Waals surface area contributed by atoms with Crippen LogP contribution in [0.5, 0.6) is 0 Å². The van der Waals surface area contributed by atoms with Crippen molar-refractivity contribution in [3.8, 4) is 11.3 Å². The molecule has 0 N–H and O–H groups in total. The maximum absolute atomic E-state index is 11.7. The van der Waals surface area contributed by atoms with Crippen LogP contribution < -0.4 is 0 Å². The zero-order valence-electron chi connectivity index (χ0n) is 9.88. The van der Waals surface area contributed by atoms with Crippen LogP contribution in [0.1, 0.15) is 12.5 Å². The number of ether oxygens (including phenoxy) is 1. The van der Waals surface area contributed by atoms with E-state index in [-0.39, 0.29) is 0 Å². The van der Waals surface area contributed by atoms with Gasteiger partial charge in [-0.15, -0.1) is 0 Å². The highest BCUT2D eigenvalue weighted by Gasteiger charge is 2.14. The third-order valence-corrected chi connectivity index (χ3v) is 2.50. The second-order valence-electron chi connectivity index (χ2n) is 3.64. The second-order valence-corrected chi connectivity index (χ2v) is 3.64. The van der Waals surface area contributed by atoms with Gasteiger partial charge < -0.3 is 4.74 Å². The predicted molar refractivity (Wildman–Crippen MR) is 64.8 cm³/mol. The lowest BCUT2D eigenvalue weighted by Gasteiger charge is -2.08. The van der Waals surface area contributed by atoms with Crippen molar-refractivity contribution >= 4 is 6.09 Å². The van der Waals surface area contributed by atoms with Gasteiger partial charge in [0.15, 0.2) is 0 Å². The van der Waals surface area contributed by atoms with Crippen molar-refractivity contribution in [2.24, 2.45) is 0 Å².